The molecule has 0 aliphatic carbocycles. The van der Waals surface area contributed by atoms with E-state index in [1.54, 1.807) is 48.5 Å². The highest BCUT2D eigenvalue weighted by Crippen LogP contribution is 2.05. The Morgan fingerprint density at radius 1 is 0.871 bits per heavy atom. The van der Waals surface area contributed by atoms with Crippen molar-refractivity contribution in [2.75, 3.05) is 6.61 Å². The topological polar surface area (TPSA) is 144 Å². The Bertz CT molecular complexity index is 939. The van der Waals surface area contributed by atoms with Gasteiger partial charge in [0.05, 0.1) is 24.6 Å². The van der Waals surface area contributed by atoms with Crippen LogP contribution in [-0.2, 0) is 0 Å². The third kappa shape index (κ3) is 7.74. The van der Waals surface area contributed by atoms with Crippen LogP contribution in [0.3, 0.4) is 0 Å². The van der Waals surface area contributed by atoms with Crippen LogP contribution in [0.5, 0.6) is 0 Å². The molecule has 164 valence electrons. The first-order valence-corrected chi connectivity index (χ1v) is 9.60. The predicted octanol–water partition coefficient (Wildman–Crippen LogP) is 0.909. The molecule has 31 heavy (non-hydrogen) atoms. The monoisotopic (exact) mass is 426 g/mol. The van der Waals surface area contributed by atoms with E-state index in [1.165, 1.54) is 0 Å². The molecule has 2 amide bonds. The molecule has 0 radical (unpaired) electrons. The molecule has 0 aliphatic heterocycles. The lowest BCUT2D eigenvalue weighted by molar-refractivity contribution is -0.00975. The van der Waals surface area contributed by atoms with E-state index in [-0.39, 0.29) is 12.1 Å². The minimum atomic E-state index is -1.39. The van der Waals surface area contributed by atoms with Gasteiger partial charge in [0.25, 0.3) is 11.8 Å². The van der Waals surface area contributed by atoms with Crippen molar-refractivity contribution in [3.8, 4) is 0 Å². The molecule has 2 atom stereocenters. The highest BCUT2D eigenvalue weighted by Gasteiger charge is 2.18. The highest BCUT2D eigenvalue weighted by atomic mass is 16.4. The summed E-state index contributed by atoms with van der Waals surface area (Å²) in [7, 11) is 0. The van der Waals surface area contributed by atoms with E-state index in [1.807, 2.05) is 13.8 Å². The summed E-state index contributed by atoms with van der Waals surface area (Å²) in [4.78, 5) is 24.4. The van der Waals surface area contributed by atoms with Crippen molar-refractivity contribution in [2.45, 2.75) is 32.5 Å². The summed E-state index contributed by atoms with van der Waals surface area (Å²) in [5, 5.41) is 36.3. The highest BCUT2D eigenvalue weighted by molar-refractivity contribution is 6.31. The Hall–Kier alpha value is -3.40. The van der Waals surface area contributed by atoms with Crippen LogP contribution in [-0.4, -0.2) is 57.9 Å². The number of amides is 2. The lowest BCUT2D eigenvalue weighted by Crippen LogP contribution is -2.33. The van der Waals surface area contributed by atoms with Crippen LogP contribution in [0.25, 0.3) is 0 Å². The fraction of sp³-hybridized carbons (Fsp3) is 0.273. The van der Waals surface area contributed by atoms with Crippen LogP contribution in [0.2, 0.25) is 0 Å². The summed E-state index contributed by atoms with van der Waals surface area (Å²) < 4.78 is 0. The molecule has 0 aliphatic rings. The molecule has 0 saturated heterocycles. The maximum atomic E-state index is 12.2. The molecule has 0 aromatic heterocycles. The van der Waals surface area contributed by atoms with Crippen LogP contribution in [0, 0.1) is 13.8 Å². The van der Waals surface area contributed by atoms with E-state index in [4.69, 9.17) is 5.11 Å². The van der Waals surface area contributed by atoms with Crippen LogP contribution < -0.4 is 10.9 Å². The van der Waals surface area contributed by atoms with E-state index in [9.17, 15) is 19.8 Å². The number of nitrogens with zero attached hydrogens (tertiary/aromatic N) is 2. The van der Waals surface area contributed by atoms with Crippen molar-refractivity contribution >= 4 is 23.7 Å². The quantitative estimate of drug-likeness (QED) is 0.299. The van der Waals surface area contributed by atoms with Gasteiger partial charge in [-0.3, -0.25) is 9.59 Å². The van der Waals surface area contributed by atoms with Gasteiger partial charge in [0.15, 0.2) is 0 Å². The molecule has 9 heteroatoms. The third-order valence-corrected chi connectivity index (χ3v) is 4.36. The van der Waals surface area contributed by atoms with E-state index in [0.29, 0.717) is 11.1 Å². The average molecular weight is 426 g/mol. The zero-order valence-corrected chi connectivity index (χ0v) is 17.3. The summed E-state index contributed by atoms with van der Waals surface area (Å²) >= 11 is 0. The predicted molar refractivity (Wildman–Crippen MR) is 117 cm³/mol. The Morgan fingerprint density at radius 2 is 1.35 bits per heavy atom. The standard InChI is InChI=1S/C22H26N4O5/c1-14-3-7-16(8-4-14)21(30)25-23-12-18(11-19(28)20(29)13-27)24-26-22(31)17-9-5-15(2)6-10-17/h3-10,12,19-20,27-29H,11,13H2,1-2H3,(H,25,30)(H,26,31). The average Bonchev–Trinajstić information content (AvgIpc) is 2.77. The largest absolute Gasteiger partial charge is 0.394 e. The van der Waals surface area contributed by atoms with Crippen molar-refractivity contribution in [3.63, 3.8) is 0 Å². The number of benzene rings is 2. The summed E-state index contributed by atoms with van der Waals surface area (Å²) in [5.41, 5.74) is 7.55. The van der Waals surface area contributed by atoms with Gasteiger partial charge in [0, 0.05) is 17.5 Å². The molecular formula is C22H26N4O5. The maximum Gasteiger partial charge on any atom is 0.271 e. The first-order valence-electron chi connectivity index (χ1n) is 9.60. The fourth-order valence-electron chi connectivity index (χ4n) is 2.43. The number of carbonyl (C=O) groups excluding carboxylic acids is 2. The Kier molecular flexibility index (Phi) is 9.01. The molecular weight excluding hydrogens is 400 g/mol. The number of rotatable bonds is 9. The number of hydrazone groups is 2. The van der Waals surface area contributed by atoms with E-state index in [0.717, 1.165) is 17.3 Å². The fourth-order valence-corrected chi connectivity index (χ4v) is 2.43. The maximum absolute atomic E-state index is 12.2. The molecule has 0 saturated carbocycles. The van der Waals surface area contributed by atoms with Gasteiger partial charge < -0.3 is 15.3 Å². The van der Waals surface area contributed by atoms with Crippen molar-refractivity contribution in [1.82, 2.24) is 10.9 Å². The molecule has 0 spiro atoms. The molecule has 2 unspecified atom stereocenters. The lowest BCUT2D eigenvalue weighted by atomic mass is 10.1. The van der Waals surface area contributed by atoms with Gasteiger partial charge in [0.2, 0.25) is 0 Å². The zero-order valence-electron chi connectivity index (χ0n) is 17.3. The number of aliphatic hydroxyl groups excluding tert-OH is 3. The normalized spacial score (nSPS) is 13.6. The van der Waals surface area contributed by atoms with Crippen molar-refractivity contribution in [3.05, 3.63) is 70.8 Å². The Labute approximate surface area is 180 Å². The molecule has 0 bridgehead atoms. The van der Waals surface area contributed by atoms with Crippen molar-refractivity contribution in [2.24, 2.45) is 10.2 Å². The van der Waals surface area contributed by atoms with Gasteiger partial charge >= 0.3 is 0 Å². The summed E-state index contributed by atoms with van der Waals surface area (Å²) in [6.45, 7) is 3.15. The Morgan fingerprint density at radius 3 is 1.84 bits per heavy atom. The first kappa shape index (κ1) is 23.9. The van der Waals surface area contributed by atoms with Crippen LogP contribution in [0.15, 0.2) is 58.7 Å². The van der Waals surface area contributed by atoms with Gasteiger partial charge in [-0.25, -0.2) is 10.9 Å². The minimum Gasteiger partial charge on any atom is -0.394 e. The molecule has 9 nitrogen and oxygen atoms in total. The first-order chi connectivity index (χ1) is 14.8. The van der Waals surface area contributed by atoms with Crippen LogP contribution in [0.4, 0.5) is 0 Å². The molecule has 0 fully saturated rings. The molecule has 2 rings (SSSR count). The molecule has 5 N–H and O–H groups in total. The molecule has 0 heterocycles. The third-order valence-electron chi connectivity index (χ3n) is 4.36. The number of carbonyl (C=O) groups is 2. The molecule has 2 aromatic carbocycles. The summed E-state index contributed by atoms with van der Waals surface area (Å²) in [6, 6.07) is 13.7. The van der Waals surface area contributed by atoms with Crippen LogP contribution >= 0.6 is 0 Å². The van der Waals surface area contributed by atoms with E-state index < -0.39 is 30.6 Å². The second kappa shape index (κ2) is 11.7. The second-order valence-electron chi connectivity index (χ2n) is 7.00. The van der Waals surface area contributed by atoms with Gasteiger partial charge in [0.1, 0.15) is 6.10 Å². The number of aliphatic hydroxyl groups is 3. The van der Waals surface area contributed by atoms with Crippen molar-refractivity contribution < 1.29 is 24.9 Å². The molecule has 2 aromatic rings. The summed E-state index contributed by atoms with van der Waals surface area (Å²) in [6.07, 6.45) is -1.82. The van der Waals surface area contributed by atoms with Crippen LogP contribution in [0.1, 0.15) is 38.3 Å². The van der Waals surface area contributed by atoms with Gasteiger partial charge in [-0.15, -0.1) is 0 Å². The number of aryl methyl sites for hydroxylation is 2. The smallest absolute Gasteiger partial charge is 0.271 e. The van der Waals surface area contributed by atoms with Gasteiger partial charge in [-0.1, -0.05) is 35.4 Å². The van der Waals surface area contributed by atoms with Gasteiger partial charge in [-0.2, -0.15) is 10.2 Å². The second-order valence-corrected chi connectivity index (χ2v) is 7.00. The number of hydrogen-bond donors (Lipinski definition) is 5. The summed E-state index contributed by atoms with van der Waals surface area (Å²) in [5.74, 6) is -0.929. The van der Waals surface area contributed by atoms with Gasteiger partial charge in [-0.05, 0) is 38.1 Å². The minimum absolute atomic E-state index is 0.0738. The van der Waals surface area contributed by atoms with Crippen molar-refractivity contribution in [1.29, 1.82) is 0 Å². The zero-order chi connectivity index (χ0) is 22.8. The number of hydrogen-bond acceptors (Lipinski definition) is 7. The van der Waals surface area contributed by atoms with E-state index >= 15 is 0 Å². The van der Waals surface area contributed by atoms with E-state index in [2.05, 4.69) is 21.1 Å². The Balaban J connectivity index is 2.09. The lowest BCUT2D eigenvalue weighted by Gasteiger charge is -2.15. The SMILES string of the molecule is Cc1ccc(C(=O)NN=CC(CC(O)C(O)CO)=NNC(=O)c2ccc(C)cc2)cc1. The number of nitrogens with one attached hydrogen (secondary N) is 2.